The number of benzene rings is 2. The zero-order chi connectivity index (χ0) is 21.5. The van der Waals surface area contributed by atoms with Crippen molar-refractivity contribution in [3.8, 4) is 17.1 Å². The van der Waals surface area contributed by atoms with E-state index in [0.717, 1.165) is 35.3 Å². The average Bonchev–Trinajstić information content (AvgIpc) is 3.46. The standard InChI is InChI=1S/C22H24ClN3O5/c23-16-8-18-17(24-22(25-18)31-20-11-30-19(10-27)21(20)29)7-15(16)12-1-3-13(4-2-12)26-6-5-14(28)9-26/h1-4,7-8,14,19-21,27-29H,5-6,9-11H2,(H,24,25)/t14-,19-,20-,21-/m1/s1. The highest BCUT2D eigenvalue weighted by Gasteiger charge is 2.37. The molecule has 0 bridgehead atoms. The molecule has 2 aliphatic rings. The van der Waals surface area contributed by atoms with E-state index >= 15 is 0 Å². The van der Waals surface area contributed by atoms with Gasteiger partial charge < -0.3 is 34.7 Å². The van der Waals surface area contributed by atoms with Crippen LogP contribution >= 0.6 is 11.6 Å². The number of halogens is 1. The van der Waals surface area contributed by atoms with E-state index in [-0.39, 0.29) is 25.3 Å². The number of aromatic nitrogens is 2. The minimum atomic E-state index is -0.924. The lowest BCUT2D eigenvalue weighted by Crippen LogP contribution is -2.36. The summed E-state index contributed by atoms with van der Waals surface area (Å²) in [5, 5.41) is 29.7. The number of anilines is 1. The fourth-order valence-electron chi connectivity index (χ4n) is 4.18. The van der Waals surface area contributed by atoms with Crippen LogP contribution in [0.2, 0.25) is 5.02 Å². The van der Waals surface area contributed by atoms with Crippen LogP contribution in [0.1, 0.15) is 6.42 Å². The predicted octanol–water partition coefficient (Wildman–Crippen LogP) is 1.95. The molecule has 0 saturated carbocycles. The Bertz CT molecular complexity index is 1070. The Morgan fingerprint density at radius 3 is 2.71 bits per heavy atom. The van der Waals surface area contributed by atoms with Crippen LogP contribution in [0.4, 0.5) is 5.69 Å². The van der Waals surface area contributed by atoms with E-state index < -0.39 is 18.3 Å². The molecule has 2 fully saturated rings. The summed E-state index contributed by atoms with van der Waals surface area (Å²) in [5.74, 6) is 0. The maximum absolute atomic E-state index is 10.1. The van der Waals surface area contributed by atoms with Gasteiger partial charge in [-0.1, -0.05) is 23.7 Å². The van der Waals surface area contributed by atoms with Gasteiger partial charge in [0, 0.05) is 24.3 Å². The number of ether oxygens (including phenoxy) is 2. The Balaban J connectivity index is 1.37. The molecule has 3 aromatic rings. The van der Waals surface area contributed by atoms with Crippen molar-refractivity contribution in [2.24, 2.45) is 0 Å². The Morgan fingerprint density at radius 1 is 1.23 bits per heavy atom. The van der Waals surface area contributed by atoms with Crippen molar-refractivity contribution in [1.82, 2.24) is 9.97 Å². The number of β-amino-alcohol motifs (C(OH)–C–C–N with tert-alkyl or cyclic N) is 1. The molecule has 0 unspecified atom stereocenters. The van der Waals surface area contributed by atoms with E-state index in [2.05, 4.69) is 14.9 Å². The molecule has 4 N–H and O–H groups in total. The van der Waals surface area contributed by atoms with Crippen LogP contribution in [-0.2, 0) is 4.74 Å². The number of hydrogen-bond donors (Lipinski definition) is 4. The van der Waals surface area contributed by atoms with Gasteiger partial charge in [-0.25, -0.2) is 0 Å². The number of fused-ring (bicyclic) bond motifs is 1. The summed E-state index contributed by atoms with van der Waals surface area (Å²) in [4.78, 5) is 9.71. The molecule has 5 rings (SSSR count). The van der Waals surface area contributed by atoms with Crippen LogP contribution in [-0.4, -0.2) is 76.0 Å². The molecule has 164 valence electrons. The molecule has 3 heterocycles. The van der Waals surface area contributed by atoms with E-state index in [1.54, 1.807) is 6.07 Å². The summed E-state index contributed by atoms with van der Waals surface area (Å²) in [6.45, 7) is 1.41. The van der Waals surface area contributed by atoms with Gasteiger partial charge in [0.1, 0.15) is 12.2 Å². The van der Waals surface area contributed by atoms with E-state index in [4.69, 9.17) is 21.1 Å². The van der Waals surface area contributed by atoms with Crippen LogP contribution in [0.25, 0.3) is 22.2 Å². The zero-order valence-corrected chi connectivity index (χ0v) is 17.5. The Morgan fingerprint density at radius 2 is 2.03 bits per heavy atom. The van der Waals surface area contributed by atoms with Crippen LogP contribution in [0.5, 0.6) is 6.01 Å². The summed E-state index contributed by atoms with van der Waals surface area (Å²) >= 11 is 6.54. The molecular weight excluding hydrogens is 422 g/mol. The van der Waals surface area contributed by atoms with Crippen molar-refractivity contribution < 1.29 is 24.8 Å². The maximum atomic E-state index is 10.1. The van der Waals surface area contributed by atoms with Crippen molar-refractivity contribution in [3.05, 3.63) is 41.4 Å². The SMILES string of the molecule is OC[C@H]1OC[C@@H](Oc2nc3cc(-c4ccc(N5CC[C@@H](O)C5)cc4)c(Cl)cc3[nH]2)[C@@H]1O. The van der Waals surface area contributed by atoms with Crippen molar-refractivity contribution in [3.63, 3.8) is 0 Å². The van der Waals surface area contributed by atoms with Gasteiger partial charge in [0.25, 0.3) is 6.01 Å². The van der Waals surface area contributed by atoms with Gasteiger partial charge in [-0.05, 0) is 36.2 Å². The van der Waals surface area contributed by atoms with E-state index in [1.807, 2.05) is 30.3 Å². The summed E-state index contributed by atoms with van der Waals surface area (Å²) in [6, 6.07) is 12.1. The Kier molecular flexibility index (Phi) is 5.49. The second kappa shape index (κ2) is 8.29. The second-order valence-electron chi connectivity index (χ2n) is 8.03. The number of nitrogens with one attached hydrogen (secondary N) is 1. The average molecular weight is 446 g/mol. The number of H-pyrrole nitrogens is 1. The molecule has 0 radical (unpaired) electrons. The van der Waals surface area contributed by atoms with Crippen molar-refractivity contribution in [2.45, 2.75) is 30.8 Å². The van der Waals surface area contributed by atoms with Gasteiger partial charge >= 0.3 is 0 Å². The third-order valence-corrected chi connectivity index (χ3v) is 6.25. The van der Waals surface area contributed by atoms with E-state index in [9.17, 15) is 15.3 Å². The minimum Gasteiger partial charge on any atom is -0.456 e. The third kappa shape index (κ3) is 3.97. The fourth-order valence-corrected chi connectivity index (χ4v) is 4.45. The molecule has 2 aliphatic heterocycles. The van der Waals surface area contributed by atoms with E-state index in [1.165, 1.54) is 0 Å². The molecule has 31 heavy (non-hydrogen) atoms. The van der Waals surface area contributed by atoms with Gasteiger partial charge in [-0.3, -0.25) is 0 Å². The molecule has 4 atom stereocenters. The van der Waals surface area contributed by atoms with Crippen LogP contribution < -0.4 is 9.64 Å². The highest BCUT2D eigenvalue weighted by atomic mass is 35.5. The summed E-state index contributed by atoms with van der Waals surface area (Å²) in [5.41, 5.74) is 4.30. The topological polar surface area (TPSA) is 111 Å². The van der Waals surface area contributed by atoms with Gasteiger partial charge in [0.15, 0.2) is 6.10 Å². The predicted molar refractivity (Wildman–Crippen MR) is 117 cm³/mol. The van der Waals surface area contributed by atoms with Crippen LogP contribution in [0, 0.1) is 0 Å². The van der Waals surface area contributed by atoms with Crippen LogP contribution in [0.3, 0.4) is 0 Å². The highest BCUT2D eigenvalue weighted by molar-refractivity contribution is 6.34. The number of aliphatic hydroxyl groups excluding tert-OH is 3. The fraction of sp³-hybridized carbons (Fsp3) is 0.409. The van der Waals surface area contributed by atoms with Crippen LogP contribution in [0.15, 0.2) is 36.4 Å². The zero-order valence-electron chi connectivity index (χ0n) is 16.7. The normalized spacial score (nSPS) is 26.1. The smallest absolute Gasteiger partial charge is 0.295 e. The first-order valence-electron chi connectivity index (χ1n) is 10.3. The summed E-state index contributed by atoms with van der Waals surface area (Å²) in [6.07, 6.45) is -1.66. The molecule has 0 amide bonds. The lowest BCUT2D eigenvalue weighted by molar-refractivity contribution is -0.00390. The third-order valence-electron chi connectivity index (χ3n) is 5.94. The molecule has 8 nitrogen and oxygen atoms in total. The Hall–Kier alpha value is -2.36. The largest absolute Gasteiger partial charge is 0.456 e. The molecule has 0 spiro atoms. The van der Waals surface area contributed by atoms with Crippen molar-refractivity contribution in [1.29, 1.82) is 0 Å². The van der Waals surface area contributed by atoms with Crippen molar-refractivity contribution >= 4 is 28.3 Å². The van der Waals surface area contributed by atoms with Gasteiger partial charge in [0.2, 0.25) is 0 Å². The molecule has 0 aliphatic carbocycles. The van der Waals surface area contributed by atoms with E-state index in [0.29, 0.717) is 17.1 Å². The van der Waals surface area contributed by atoms with Crippen molar-refractivity contribution in [2.75, 3.05) is 31.2 Å². The number of aliphatic hydroxyl groups is 3. The summed E-state index contributed by atoms with van der Waals surface area (Å²) in [7, 11) is 0. The lowest BCUT2D eigenvalue weighted by atomic mass is 10.0. The number of hydrogen-bond acceptors (Lipinski definition) is 7. The molecule has 9 heteroatoms. The maximum Gasteiger partial charge on any atom is 0.295 e. The number of imidazole rings is 1. The molecular formula is C22H24ClN3O5. The quantitative estimate of drug-likeness (QED) is 0.475. The number of rotatable bonds is 5. The number of aromatic amines is 1. The molecule has 2 saturated heterocycles. The Labute approximate surface area is 184 Å². The minimum absolute atomic E-state index is 0.176. The van der Waals surface area contributed by atoms with Gasteiger partial charge in [-0.15, -0.1) is 0 Å². The van der Waals surface area contributed by atoms with Gasteiger partial charge in [0.05, 0.1) is 35.4 Å². The van der Waals surface area contributed by atoms with Gasteiger partial charge in [-0.2, -0.15) is 4.98 Å². The monoisotopic (exact) mass is 445 g/mol. The first-order valence-corrected chi connectivity index (χ1v) is 10.7. The first-order chi connectivity index (χ1) is 15.0. The molecule has 1 aromatic heterocycles. The molecule has 2 aromatic carbocycles. The number of nitrogens with zero attached hydrogens (tertiary/aromatic N) is 2. The summed E-state index contributed by atoms with van der Waals surface area (Å²) < 4.78 is 11.1. The second-order valence-corrected chi connectivity index (χ2v) is 8.44. The first kappa shape index (κ1) is 20.5. The highest BCUT2D eigenvalue weighted by Crippen LogP contribution is 2.34. The lowest BCUT2D eigenvalue weighted by Gasteiger charge is -2.18.